The number of hydrogen-bond donors (Lipinski definition) is 0. The minimum absolute atomic E-state index is 0.0179. The molecule has 2 aromatic carbocycles. The van der Waals surface area contributed by atoms with Crippen LogP contribution in [0, 0.1) is 0 Å². The molecule has 6 nitrogen and oxygen atoms in total. The molecule has 12 heteroatoms. The van der Waals surface area contributed by atoms with Gasteiger partial charge in [0, 0.05) is 24.8 Å². The smallest absolute Gasteiger partial charge is 0.316 e. The lowest BCUT2D eigenvalue weighted by Crippen LogP contribution is -2.26. The fourth-order valence-electron chi connectivity index (χ4n) is 4.98. The summed E-state index contributed by atoms with van der Waals surface area (Å²) in [5, 5.41) is 6.66. The average molecular weight is 523 g/mol. The third-order valence-corrected chi connectivity index (χ3v) is 6.81. The highest BCUT2D eigenvalue weighted by Crippen LogP contribution is 2.44. The van der Waals surface area contributed by atoms with Crippen molar-refractivity contribution in [2.24, 2.45) is 7.05 Å². The van der Waals surface area contributed by atoms with E-state index in [2.05, 4.69) is 10.2 Å². The van der Waals surface area contributed by atoms with Gasteiger partial charge in [-0.15, -0.1) is 10.2 Å². The molecule has 37 heavy (non-hydrogen) atoms. The van der Waals surface area contributed by atoms with Gasteiger partial charge in [0.15, 0.2) is 6.17 Å². The molecule has 1 saturated heterocycles. The van der Waals surface area contributed by atoms with Crippen LogP contribution in [0.3, 0.4) is 0 Å². The molecule has 0 N–H and O–H groups in total. The summed E-state index contributed by atoms with van der Waals surface area (Å²) in [6, 6.07) is 7.37. The number of aryl methyl sites for hydroxylation is 1. The molecule has 3 aromatic rings. The van der Waals surface area contributed by atoms with Gasteiger partial charge in [-0.2, -0.15) is 22.0 Å². The van der Waals surface area contributed by atoms with Crippen LogP contribution in [0.25, 0.3) is 0 Å². The first-order valence-electron chi connectivity index (χ1n) is 11.7. The number of anilines is 1. The normalized spacial score (nSPS) is 17.5. The number of benzene rings is 2. The topological polar surface area (TPSA) is 54.3 Å². The number of likely N-dealkylation sites (tertiary alicyclic amines) is 1. The van der Waals surface area contributed by atoms with E-state index in [9.17, 15) is 26.7 Å². The standard InChI is InChI=1S/C25H23F6N5O/c1-34-14-32-33-23(34)24(27,28)21(26)16-5-4-6-17(11-16)36-13-19-18(22(36)37)9-15(10-20(19)25(29,30)31)12-35-7-2-3-8-35/h4-6,9-11,14,21H,2-3,7-8,12-13H2,1H3. The largest absolute Gasteiger partial charge is 0.416 e. The van der Waals surface area contributed by atoms with Gasteiger partial charge in [0.25, 0.3) is 5.91 Å². The van der Waals surface area contributed by atoms with Crippen LogP contribution >= 0.6 is 0 Å². The molecule has 2 aliphatic rings. The van der Waals surface area contributed by atoms with Crippen LogP contribution in [-0.2, 0) is 32.2 Å². The predicted octanol–water partition coefficient (Wildman–Crippen LogP) is 5.39. The van der Waals surface area contributed by atoms with Crippen LogP contribution in [0.15, 0.2) is 42.7 Å². The minimum atomic E-state index is -4.69. The van der Waals surface area contributed by atoms with E-state index in [0.717, 1.165) is 59.9 Å². The van der Waals surface area contributed by atoms with Crippen molar-refractivity contribution in [3.63, 3.8) is 0 Å². The number of rotatable bonds is 6. The van der Waals surface area contributed by atoms with Crippen molar-refractivity contribution in [1.29, 1.82) is 0 Å². The Morgan fingerprint density at radius 2 is 1.78 bits per heavy atom. The monoisotopic (exact) mass is 523 g/mol. The fraction of sp³-hybridized carbons (Fsp3) is 0.400. The lowest BCUT2D eigenvalue weighted by Gasteiger charge is -2.22. The minimum Gasteiger partial charge on any atom is -0.316 e. The average Bonchev–Trinajstić information content (AvgIpc) is 3.59. The fourth-order valence-corrected chi connectivity index (χ4v) is 4.98. The van der Waals surface area contributed by atoms with E-state index in [-0.39, 0.29) is 16.8 Å². The molecule has 5 rings (SSSR count). The second kappa shape index (κ2) is 9.16. The molecule has 1 unspecified atom stereocenters. The molecular weight excluding hydrogens is 500 g/mol. The Balaban J connectivity index is 1.47. The van der Waals surface area contributed by atoms with Gasteiger partial charge in [-0.1, -0.05) is 12.1 Å². The molecule has 196 valence electrons. The molecule has 1 amide bonds. The first-order chi connectivity index (χ1) is 17.5. The number of aromatic nitrogens is 3. The zero-order valence-corrected chi connectivity index (χ0v) is 19.8. The van der Waals surface area contributed by atoms with Crippen molar-refractivity contribution < 1.29 is 31.1 Å². The molecule has 0 spiro atoms. The number of amides is 1. The summed E-state index contributed by atoms with van der Waals surface area (Å²) in [5.41, 5.74) is -1.22. The maximum Gasteiger partial charge on any atom is 0.416 e. The van der Waals surface area contributed by atoms with Crippen LogP contribution in [0.1, 0.15) is 57.4 Å². The summed E-state index contributed by atoms with van der Waals surface area (Å²) in [7, 11) is 1.25. The summed E-state index contributed by atoms with van der Waals surface area (Å²) in [6.45, 7) is 1.43. The number of alkyl halides is 6. The predicted molar refractivity (Wildman–Crippen MR) is 122 cm³/mol. The number of halogens is 6. The summed E-state index contributed by atoms with van der Waals surface area (Å²) < 4.78 is 87.5. The Labute approximate surface area is 208 Å². The second-order valence-electron chi connectivity index (χ2n) is 9.39. The summed E-state index contributed by atoms with van der Waals surface area (Å²) in [4.78, 5) is 16.3. The molecule has 0 aliphatic carbocycles. The van der Waals surface area contributed by atoms with E-state index >= 15 is 4.39 Å². The zero-order chi connectivity index (χ0) is 26.5. The number of carbonyl (C=O) groups is 1. The number of nitrogens with zero attached hydrogens (tertiary/aromatic N) is 5. The van der Waals surface area contributed by atoms with Gasteiger partial charge < -0.3 is 9.47 Å². The van der Waals surface area contributed by atoms with E-state index in [0.29, 0.717) is 12.1 Å². The lowest BCUT2D eigenvalue weighted by molar-refractivity contribution is -0.138. The zero-order valence-electron chi connectivity index (χ0n) is 19.8. The Hall–Kier alpha value is -3.41. The first kappa shape index (κ1) is 25.2. The number of carbonyl (C=O) groups excluding carboxylic acids is 1. The Morgan fingerprint density at radius 1 is 1.05 bits per heavy atom. The van der Waals surface area contributed by atoms with Crippen molar-refractivity contribution in [1.82, 2.24) is 19.7 Å². The van der Waals surface area contributed by atoms with Crippen molar-refractivity contribution in [3.05, 3.63) is 76.4 Å². The Bertz CT molecular complexity index is 1330. The summed E-state index contributed by atoms with van der Waals surface area (Å²) >= 11 is 0. The molecule has 0 bridgehead atoms. The Morgan fingerprint density at radius 3 is 2.43 bits per heavy atom. The maximum atomic E-state index is 15.1. The van der Waals surface area contributed by atoms with E-state index in [1.54, 1.807) is 0 Å². The molecule has 1 atom stereocenters. The number of hydrogen-bond acceptors (Lipinski definition) is 4. The van der Waals surface area contributed by atoms with Crippen LogP contribution in [0.5, 0.6) is 0 Å². The quantitative estimate of drug-likeness (QED) is 0.407. The highest BCUT2D eigenvalue weighted by atomic mass is 19.4. The van der Waals surface area contributed by atoms with E-state index in [1.165, 1.54) is 25.2 Å². The Kier molecular flexibility index (Phi) is 6.25. The van der Waals surface area contributed by atoms with Crippen LogP contribution in [0.2, 0.25) is 0 Å². The van der Waals surface area contributed by atoms with Crippen LogP contribution in [-0.4, -0.2) is 38.7 Å². The molecule has 0 saturated carbocycles. The molecular formula is C25H23F6N5O. The summed E-state index contributed by atoms with van der Waals surface area (Å²) in [5.74, 6) is -5.61. The maximum absolute atomic E-state index is 15.1. The highest BCUT2D eigenvalue weighted by Gasteiger charge is 2.47. The molecule has 2 aliphatic heterocycles. The molecule has 3 heterocycles. The highest BCUT2D eigenvalue weighted by molar-refractivity contribution is 6.10. The first-order valence-corrected chi connectivity index (χ1v) is 11.7. The van der Waals surface area contributed by atoms with Gasteiger partial charge in [-0.25, -0.2) is 4.39 Å². The van der Waals surface area contributed by atoms with Crippen LogP contribution in [0.4, 0.5) is 32.0 Å². The van der Waals surface area contributed by atoms with Crippen molar-refractivity contribution >= 4 is 11.6 Å². The number of fused-ring (bicyclic) bond motifs is 1. The van der Waals surface area contributed by atoms with E-state index in [4.69, 9.17) is 0 Å². The van der Waals surface area contributed by atoms with Gasteiger partial charge in [0.2, 0.25) is 5.82 Å². The summed E-state index contributed by atoms with van der Waals surface area (Å²) in [6.07, 6.45) is -4.57. The van der Waals surface area contributed by atoms with Crippen LogP contribution < -0.4 is 4.90 Å². The van der Waals surface area contributed by atoms with Gasteiger partial charge >= 0.3 is 12.1 Å². The molecule has 1 fully saturated rings. The third-order valence-electron chi connectivity index (χ3n) is 6.81. The lowest BCUT2D eigenvalue weighted by atomic mass is 9.98. The van der Waals surface area contributed by atoms with Gasteiger partial charge in [-0.05, 0) is 66.9 Å². The second-order valence-corrected chi connectivity index (χ2v) is 9.39. The van der Waals surface area contributed by atoms with Gasteiger partial charge in [0.05, 0.1) is 12.1 Å². The SMILES string of the molecule is Cn1cnnc1C(F)(F)C(F)c1cccc(N2Cc3c(cc(CN4CCCC4)cc3C(F)(F)F)C2=O)c1. The molecule has 1 aromatic heterocycles. The van der Waals surface area contributed by atoms with Gasteiger partial charge in [0.1, 0.15) is 6.33 Å². The van der Waals surface area contributed by atoms with Crippen molar-refractivity contribution in [2.45, 2.75) is 44.2 Å². The molecule has 0 radical (unpaired) electrons. The van der Waals surface area contributed by atoms with E-state index in [1.807, 2.05) is 4.90 Å². The van der Waals surface area contributed by atoms with Crippen molar-refractivity contribution in [3.8, 4) is 0 Å². The van der Waals surface area contributed by atoms with E-state index < -0.39 is 47.7 Å². The third kappa shape index (κ3) is 4.58. The van der Waals surface area contributed by atoms with Gasteiger partial charge in [-0.3, -0.25) is 9.69 Å². The van der Waals surface area contributed by atoms with Crippen molar-refractivity contribution in [2.75, 3.05) is 18.0 Å².